The minimum atomic E-state index is -0.491. The Bertz CT molecular complexity index is 1290. The fourth-order valence-corrected chi connectivity index (χ4v) is 4.02. The van der Waals surface area contributed by atoms with Gasteiger partial charge in [0.1, 0.15) is 0 Å². The molecule has 0 aliphatic rings. The molecule has 4 rings (SSSR count). The van der Waals surface area contributed by atoms with Gasteiger partial charge in [-0.25, -0.2) is 0 Å². The maximum atomic E-state index is 13.2. The van der Waals surface area contributed by atoms with Crippen LogP contribution in [0.1, 0.15) is 33.0 Å². The SMILES string of the molecule is Cc1cc(NC(=S)NC(=O)C(c2ccccc2)c2ccccc2)ccc1NC(=O)c1ccccc1. The first kappa shape index (κ1) is 23.9. The summed E-state index contributed by atoms with van der Waals surface area (Å²) >= 11 is 5.43. The molecule has 4 aromatic carbocycles. The van der Waals surface area contributed by atoms with E-state index in [-0.39, 0.29) is 16.9 Å². The highest BCUT2D eigenvalue weighted by atomic mass is 32.1. The van der Waals surface area contributed by atoms with Gasteiger partial charge in [-0.3, -0.25) is 9.59 Å². The van der Waals surface area contributed by atoms with E-state index >= 15 is 0 Å². The van der Waals surface area contributed by atoms with Crippen molar-refractivity contribution in [3.8, 4) is 0 Å². The zero-order valence-corrected chi connectivity index (χ0v) is 20.0. The molecule has 0 saturated carbocycles. The topological polar surface area (TPSA) is 70.2 Å². The van der Waals surface area contributed by atoms with Crippen molar-refractivity contribution in [1.29, 1.82) is 0 Å². The minimum absolute atomic E-state index is 0.176. The minimum Gasteiger partial charge on any atom is -0.332 e. The van der Waals surface area contributed by atoms with E-state index < -0.39 is 5.92 Å². The number of anilines is 2. The average Bonchev–Trinajstić information content (AvgIpc) is 2.87. The van der Waals surface area contributed by atoms with E-state index in [4.69, 9.17) is 12.2 Å². The van der Waals surface area contributed by atoms with Crippen LogP contribution in [-0.2, 0) is 4.79 Å². The third-order valence-electron chi connectivity index (χ3n) is 5.53. The van der Waals surface area contributed by atoms with E-state index in [0.717, 1.165) is 16.7 Å². The summed E-state index contributed by atoms with van der Waals surface area (Å²) in [6.07, 6.45) is 0. The van der Waals surface area contributed by atoms with Crippen LogP contribution >= 0.6 is 12.2 Å². The third-order valence-corrected chi connectivity index (χ3v) is 5.74. The van der Waals surface area contributed by atoms with Crippen LogP contribution < -0.4 is 16.0 Å². The Kier molecular flexibility index (Phi) is 7.65. The second-order valence-electron chi connectivity index (χ2n) is 8.05. The predicted molar refractivity (Wildman–Crippen MR) is 145 cm³/mol. The molecule has 0 radical (unpaired) electrons. The monoisotopic (exact) mass is 479 g/mol. The Balaban J connectivity index is 1.43. The van der Waals surface area contributed by atoms with Crippen LogP contribution in [0.5, 0.6) is 0 Å². The Morgan fingerprint density at radius 3 is 1.80 bits per heavy atom. The number of hydrogen-bond donors (Lipinski definition) is 3. The average molecular weight is 480 g/mol. The van der Waals surface area contributed by atoms with E-state index in [0.29, 0.717) is 16.9 Å². The summed E-state index contributed by atoms with van der Waals surface area (Å²) in [7, 11) is 0. The molecule has 6 heteroatoms. The molecule has 35 heavy (non-hydrogen) atoms. The fourth-order valence-electron chi connectivity index (χ4n) is 3.80. The summed E-state index contributed by atoms with van der Waals surface area (Å²) in [5.74, 6) is -0.886. The van der Waals surface area contributed by atoms with E-state index in [2.05, 4.69) is 16.0 Å². The standard InChI is InChI=1S/C29H25N3O2S/c1-20-19-24(17-18-25(20)31-27(33)23-15-9-4-10-16-23)30-29(35)32-28(34)26(21-11-5-2-6-12-21)22-13-7-3-8-14-22/h2-19,26H,1H3,(H,31,33)(H2,30,32,34,35). The van der Waals surface area contributed by atoms with Gasteiger partial charge in [-0.2, -0.15) is 0 Å². The molecule has 0 saturated heterocycles. The second-order valence-corrected chi connectivity index (χ2v) is 8.46. The first-order valence-corrected chi connectivity index (χ1v) is 11.6. The molecule has 0 aliphatic heterocycles. The highest BCUT2D eigenvalue weighted by Crippen LogP contribution is 2.25. The van der Waals surface area contributed by atoms with Crippen molar-refractivity contribution in [3.05, 3.63) is 131 Å². The summed E-state index contributed by atoms with van der Waals surface area (Å²) in [5, 5.41) is 9.02. The van der Waals surface area contributed by atoms with Crippen molar-refractivity contribution in [2.75, 3.05) is 10.6 Å². The van der Waals surface area contributed by atoms with E-state index in [9.17, 15) is 9.59 Å². The van der Waals surface area contributed by atoms with E-state index in [1.807, 2.05) is 91.9 Å². The van der Waals surface area contributed by atoms with Gasteiger partial charge >= 0.3 is 0 Å². The lowest BCUT2D eigenvalue weighted by Gasteiger charge is -2.19. The molecule has 0 aromatic heterocycles. The van der Waals surface area contributed by atoms with Gasteiger partial charge in [0.15, 0.2) is 5.11 Å². The molecule has 0 aliphatic carbocycles. The molecule has 5 nitrogen and oxygen atoms in total. The van der Waals surface area contributed by atoms with Crippen LogP contribution in [0.2, 0.25) is 0 Å². The van der Waals surface area contributed by atoms with Gasteiger partial charge in [-0.05, 0) is 66.2 Å². The van der Waals surface area contributed by atoms with Gasteiger partial charge in [-0.1, -0.05) is 78.9 Å². The quantitative estimate of drug-likeness (QED) is 0.302. The Labute approximate surface area is 210 Å². The number of benzene rings is 4. The van der Waals surface area contributed by atoms with Crippen LogP contribution in [0.15, 0.2) is 109 Å². The zero-order valence-electron chi connectivity index (χ0n) is 19.2. The smallest absolute Gasteiger partial charge is 0.255 e. The molecule has 0 fully saturated rings. The third kappa shape index (κ3) is 6.19. The first-order chi connectivity index (χ1) is 17.0. The van der Waals surface area contributed by atoms with Crippen molar-refractivity contribution >= 4 is 40.5 Å². The van der Waals surface area contributed by atoms with Crippen molar-refractivity contribution < 1.29 is 9.59 Å². The van der Waals surface area contributed by atoms with Crippen LogP contribution in [0, 0.1) is 6.92 Å². The lowest BCUT2D eigenvalue weighted by Crippen LogP contribution is -2.37. The Hall–Kier alpha value is -4.29. The Morgan fingerprint density at radius 2 is 1.26 bits per heavy atom. The van der Waals surface area contributed by atoms with E-state index in [1.165, 1.54) is 0 Å². The number of amides is 2. The molecule has 3 N–H and O–H groups in total. The zero-order chi connectivity index (χ0) is 24.6. The maximum absolute atomic E-state index is 13.2. The summed E-state index contributed by atoms with van der Waals surface area (Å²) in [5.41, 5.74) is 4.63. The summed E-state index contributed by atoms with van der Waals surface area (Å²) < 4.78 is 0. The summed E-state index contributed by atoms with van der Waals surface area (Å²) in [6.45, 7) is 1.90. The predicted octanol–water partition coefficient (Wildman–Crippen LogP) is 5.89. The van der Waals surface area contributed by atoms with Crippen LogP contribution in [0.3, 0.4) is 0 Å². The number of rotatable bonds is 6. The van der Waals surface area contributed by atoms with Crippen molar-refractivity contribution in [1.82, 2.24) is 5.32 Å². The number of aryl methyl sites for hydroxylation is 1. The largest absolute Gasteiger partial charge is 0.332 e. The van der Waals surface area contributed by atoms with Crippen LogP contribution in [0.4, 0.5) is 11.4 Å². The van der Waals surface area contributed by atoms with Gasteiger partial charge in [0, 0.05) is 16.9 Å². The number of carbonyl (C=O) groups is 2. The number of carbonyl (C=O) groups excluding carboxylic acids is 2. The van der Waals surface area contributed by atoms with E-state index in [1.54, 1.807) is 24.3 Å². The highest BCUT2D eigenvalue weighted by molar-refractivity contribution is 7.80. The molecule has 174 valence electrons. The van der Waals surface area contributed by atoms with Crippen molar-refractivity contribution in [3.63, 3.8) is 0 Å². The number of thiocarbonyl (C=S) groups is 1. The molecule has 0 atom stereocenters. The van der Waals surface area contributed by atoms with Gasteiger partial charge in [0.25, 0.3) is 5.91 Å². The van der Waals surface area contributed by atoms with Crippen molar-refractivity contribution in [2.45, 2.75) is 12.8 Å². The van der Waals surface area contributed by atoms with Gasteiger partial charge < -0.3 is 16.0 Å². The van der Waals surface area contributed by atoms with Crippen molar-refractivity contribution in [2.24, 2.45) is 0 Å². The fraction of sp³-hybridized carbons (Fsp3) is 0.0690. The highest BCUT2D eigenvalue weighted by Gasteiger charge is 2.23. The van der Waals surface area contributed by atoms with Gasteiger partial charge in [0.05, 0.1) is 5.92 Å². The number of hydrogen-bond acceptors (Lipinski definition) is 3. The molecule has 0 bridgehead atoms. The summed E-state index contributed by atoms with van der Waals surface area (Å²) in [6, 6.07) is 33.7. The first-order valence-electron chi connectivity index (χ1n) is 11.2. The summed E-state index contributed by atoms with van der Waals surface area (Å²) in [4.78, 5) is 25.7. The lowest BCUT2D eigenvalue weighted by molar-refractivity contribution is -0.120. The van der Waals surface area contributed by atoms with Crippen LogP contribution in [-0.4, -0.2) is 16.9 Å². The Morgan fingerprint density at radius 1 is 0.714 bits per heavy atom. The molecule has 4 aromatic rings. The number of nitrogens with one attached hydrogen (secondary N) is 3. The molecular formula is C29H25N3O2S. The second kappa shape index (κ2) is 11.2. The molecular weight excluding hydrogens is 454 g/mol. The molecule has 0 unspecified atom stereocenters. The maximum Gasteiger partial charge on any atom is 0.255 e. The van der Waals surface area contributed by atoms with Gasteiger partial charge in [-0.15, -0.1) is 0 Å². The van der Waals surface area contributed by atoms with Crippen LogP contribution in [0.25, 0.3) is 0 Å². The molecule has 2 amide bonds. The van der Waals surface area contributed by atoms with Gasteiger partial charge in [0.2, 0.25) is 5.91 Å². The molecule has 0 spiro atoms. The normalized spacial score (nSPS) is 10.5. The molecule has 0 heterocycles. The lowest BCUT2D eigenvalue weighted by atomic mass is 9.90.